The molecule has 0 amide bonds. The fourth-order valence-corrected chi connectivity index (χ4v) is 0.914. The summed E-state index contributed by atoms with van der Waals surface area (Å²) >= 11 is 0. The van der Waals surface area contributed by atoms with E-state index < -0.39 is 0 Å². The molecule has 0 N–H and O–H groups in total. The molecular formula is C9H10N4. The average Bonchev–Trinajstić information content (AvgIpc) is 2.15. The third kappa shape index (κ3) is 2.97. The molecule has 0 aliphatic carbocycles. The maximum Gasteiger partial charge on any atom is 0.0443 e. The van der Waals surface area contributed by atoms with Crippen LogP contribution < -0.4 is 0 Å². The molecule has 0 aliphatic heterocycles. The largest absolute Gasteiger partial charge is 0.264 e. The van der Waals surface area contributed by atoms with E-state index in [2.05, 4.69) is 15.0 Å². The van der Waals surface area contributed by atoms with Crippen molar-refractivity contribution in [3.05, 3.63) is 46.1 Å². The minimum atomic E-state index is 0.380. The van der Waals surface area contributed by atoms with Gasteiger partial charge in [0.2, 0.25) is 0 Å². The predicted octanol–water partition coefficient (Wildman–Crippen LogP) is 2.71. The quantitative estimate of drug-likeness (QED) is 0.394. The van der Waals surface area contributed by atoms with Gasteiger partial charge in [-0.2, -0.15) is 0 Å². The molecule has 0 saturated carbocycles. The molecule has 0 radical (unpaired) electrons. The molecule has 0 aliphatic rings. The van der Waals surface area contributed by atoms with Gasteiger partial charge in [-0.05, 0) is 29.6 Å². The van der Waals surface area contributed by atoms with Crippen LogP contribution in [0.25, 0.3) is 16.5 Å². The lowest BCUT2D eigenvalue weighted by Crippen LogP contribution is -1.81. The molecule has 4 heteroatoms. The minimum absolute atomic E-state index is 0.380. The second-order valence-corrected chi connectivity index (χ2v) is 2.55. The SMILES string of the molecule is Cc1ccncc1C=CCN=[N+]=[N-]. The number of aryl methyl sites for hydroxylation is 1. The first kappa shape index (κ1) is 9.29. The Morgan fingerprint density at radius 1 is 1.69 bits per heavy atom. The number of hydrogen-bond donors (Lipinski definition) is 0. The zero-order valence-electron chi connectivity index (χ0n) is 7.38. The summed E-state index contributed by atoms with van der Waals surface area (Å²) in [5.41, 5.74) is 10.2. The highest BCUT2D eigenvalue weighted by Crippen LogP contribution is 2.06. The molecule has 0 bridgehead atoms. The van der Waals surface area contributed by atoms with Gasteiger partial charge in [0, 0.05) is 23.9 Å². The van der Waals surface area contributed by atoms with E-state index in [0.717, 1.165) is 11.1 Å². The number of azide groups is 1. The lowest BCUT2D eigenvalue weighted by molar-refractivity contribution is 1.21. The van der Waals surface area contributed by atoms with E-state index in [9.17, 15) is 0 Å². The summed E-state index contributed by atoms with van der Waals surface area (Å²) in [5, 5.41) is 3.39. The van der Waals surface area contributed by atoms with Crippen molar-refractivity contribution >= 4 is 6.08 Å². The maximum atomic E-state index is 8.03. The zero-order valence-corrected chi connectivity index (χ0v) is 7.38. The highest BCUT2D eigenvalue weighted by Gasteiger charge is 1.90. The summed E-state index contributed by atoms with van der Waals surface area (Å²) in [6.07, 6.45) is 7.24. The maximum absolute atomic E-state index is 8.03. The first-order valence-electron chi connectivity index (χ1n) is 3.92. The van der Waals surface area contributed by atoms with Gasteiger partial charge in [0.05, 0.1) is 0 Å². The van der Waals surface area contributed by atoms with Crippen molar-refractivity contribution < 1.29 is 0 Å². The van der Waals surface area contributed by atoms with Crippen LogP contribution in [0.2, 0.25) is 0 Å². The molecule has 1 aromatic rings. The van der Waals surface area contributed by atoms with Crippen LogP contribution in [0.3, 0.4) is 0 Å². The van der Waals surface area contributed by atoms with Crippen LogP contribution in [0.5, 0.6) is 0 Å². The van der Waals surface area contributed by atoms with Gasteiger partial charge >= 0.3 is 0 Å². The Morgan fingerprint density at radius 3 is 3.23 bits per heavy atom. The van der Waals surface area contributed by atoms with Crippen molar-refractivity contribution in [1.82, 2.24) is 4.98 Å². The van der Waals surface area contributed by atoms with Gasteiger partial charge in [-0.3, -0.25) is 4.98 Å². The van der Waals surface area contributed by atoms with Crippen LogP contribution in [0, 0.1) is 6.92 Å². The van der Waals surface area contributed by atoms with Crippen LogP contribution in [-0.4, -0.2) is 11.5 Å². The molecule has 0 spiro atoms. The van der Waals surface area contributed by atoms with Crippen LogP contribution in [0.4, 0.5) is 0 Å². The summed E-state index contributed by atoms with van der Waals surface area (Å²) in [6.45, 7) is 2.39. The highest BCUT2D eigenvalue weighted by atomic mass is 15.1. The Kier molecular flexibility index (Phi) is 3.54. The van der Waals surface area contributed by atoms with E-state index in [0.29, 0.717) is 6.54 Å². The Bertz CT molecular complexity index is 350. The van der Waals surface area contributed by atoms with Gasteiger partial charge in [-0.15, -0.1) is 0 Å². The minimum Gasteiger partial charge on any atom is -0.264 e. The number of pyridine rings is 1. The van der Waals surface area contributed by atoms with E-state index >= 15 is 0 Å². The summed E-state index contributed by atoms with van der Waals surface area (Å²) in [5.74, 6) is 0. The molecule has 1 heterocycles. The molecule has 1 aromatic heterocycles. The first-order chi connectivity index (χ1) is 6.34. The monoisotopic (exact) mass is 174 g/mol. The molecule has 0 fully saturated rings. The van der Waals surface area contributed by atoms with Crippen molar-refractivity contribution in [2.24, 2.45) is 5.11 Å². The van der Waals surface area contributed by atoms with Crippen LogP contribution in [-0.2, 0) is 0 Å². The molecule has 0 saturated heterocycles. The molecular weight excluding hydrogens is 164 g/mol. The smallest absolute Gasteiger partial charge is 0.0443 e. The van der Waals surface area contributed by atoms with Crippen LogP contribution in [0.15, 0.2) is 29.7 Å². The number of nitrogens with zero attached hydrogens (tertiary/aromatic N) is 4. The lowest BCUT2D eigenvalue weighted by atomic mass is 10.1. The first-order valence-corrected chi connectivity index (χ1v) is 3.92. The van der Waals surface area contributed by atoms with Gasteiger partial charge in [0.1, 0.15) is 0 Å². The van der Waals surface area contributed by atoms with Gasteiger partial charge in [0.15, 0.2) is 0 Å². The summed E-state index contributed by atoms with van der Waals surface area (Å²) in [7, 11) is 0. The molecule has 4 nitrogen and oxygen atoms in total. The second-order valence-electron chi connectivity index (χ2n) is 2.55. The average molecular weight is 174 g/mol. The van der Waals surface area contributed by atoms with Crippen LogP contribution in [0.1, 0.15) is 11.1 Å². The van der Waals surface area contributed by atoms with Crippen molar-refractivity contribution in [3.8, 4) is 0 Å². The zero-order chi connectivity index (χ0) is 9.52. The van der Waals surface area contributed by atoms with Crippen molar-refractivity contribution in [2.45, 2.75) is 6.92 Å². The van der Waals surface area contributed by atoms with Crippen LogP contribution >= 0.6 is 0 Å². The second kappa shape index (κ2) is 4.95. The Hall–Kier alpha value is -1.80. The van der Waals surface area contributed by atoms with Crippen molar-refractivity contribution in [2.75, 3.05) is 6.54 Å². The Balaban J connectivity index is 2.68. The van der Waals surface area contributed by atoms with E-state index in [1.807, 2.05) is 25.1 Å². The summed E-state index contributed by atoms with van der Waals surface area (Å²) in [4.78, 5) is 6.64. The lowest BCUT2D eigenvalue weighted by Gasteiger charge is -1.96. The normalized spacial score (nSPS) is 9.92. The third-order valence-corrected chi connectivity index (χ3v) is 1.63. The molecule has 0 unspecified atom stereocenters. The van der Waals surface area contributed by atoms with Gasteiger partial charge < -0.3 is 0 Å². The van der Waals surface area contributed by atoms with E-state index in [1.165, 1.54) is 0 Å². The van der Waals surface area contributed by atoms with Crippen molar-refractivity contribution in [1.29, 1.82) is 0 Å². The standard InChI is InChI=1S/C9H10N4/c1-8-4-6-11-7-9(8)3-2-5-12-13-10/h2-4,6-7H,5H2,1H3. The Labute approximate surface area is 76.6 Å². The topological polar surface area (TPSA) is 61.7 Å². The molecule has 13 heavy (non-hydrogen) atoms. The number of hydrogen-bond acceptors (Lipinski definition) is 2. The Morgan fingerprint density at radius 2 is 2.54 bits per heavy atom. The van der Waals surface area contributed by atoms with E-state index in [-0.39, 0.29) is 0 Å². The third-order valence-electron chi connectivity index (χ3n) is 1.63. The van der Waals surface area contributed by atoms with Gasteiger partial charge in [-0.25, -0.2) is 0 Å². The number of aromatic nitrogens is 1. The van der Waals surface area contributed by atoms with E-state index in [4.69, 9.17) is 5.53 Å². The highest BCUT2D eigenvalue weighted by molar-refractivity contribution is 5.51. The molecule has 66 valence electrons. The summed E-state index contributed by atoms with van der Waals surface area (Å²) in [6, 6.07) is 1.94. The molecule has 0 atom stereocenters. The van der Waals surface area contributed by atoms with Gasteiger partial charge in [-0.1, -0.05) is 17.3 Å². The molecule has 0 aromatic carbocycles. The fourth-order valence-electron chi connectivity index (χ4n) is 0.914. The molecule has 1 rings (SSSR count). The predicted molar refractivity (Wildman–Crippen MR) is 52.0 cm³/mol. The van der Waals surface area contributed by atoms with Gasteiger partial charge in [0.25, 0.3) is 0 Å². The number of rotatable bonds is 3. The van der Waals surface area contributed by atoms with Crippen molar-refractivity contribution in [3.63, 3.8) is 0 Å². The van der Waals surface area contributed by atoms with E-state index in [1.54, 1.807) is 12.4 Å². The fraction of sp³-hybridized carbons (Fsp3) is 0.222. The summed E-state index contributed by atoms with van der Waals surface area (Å²) < 4.78 is 0.